The predicted molar refractivity (Wildman–Crippen MR) is 106 cm³/mol. The molecule has 0 saturated carbocycles. The molecule has 0 radical (unpaired) electrons. The van der Waals surface area contributed by atoms with Gasteiger partial charge in [0.05, 0.1) is 0 Å². The van der Waals surface area contributed by atoms with Crippen LogP contribution in [0.15, 0.2) is 41.0 Å². The van der Waals surface area contributed by atoms with Crippen LogP contribution in [0.25, 0.3) is 0 Å². The summed E-state index contributed by atoms with van der Waals surface area (Å²) in [5.41, 5.74) is 4.27. The molecule has 1 atom stereocenters. The molecule has 150 valence electrons. The molecule has 0 aliphatic carbocycles. The number of nitrogens with one attached hydrogen (secondary N) is 1. The first-order valence-corrected chi connectivity index (χ1v) is 9.59. The molecule has 1 amide bonds. The highest BCUT2D eigenvalue weighted by Gasteiger charge is 2.29. The minimum atomic E-state index is -0.272. The van der Waals surface area contributed by atoms with E-state index in [1.165, 1.54) is 12.1 Å². The van der Waals surface area contributed by atoms with Crippen molar-refractivity contribution in [3.63, 3.8) is 0 Å². The minimum absolute atomic E-state index is 0.126. The van der Waals surface area contributed by atoms with Crippen LogP contribution in [0.1, 0.15) is 46.3 Å². The van der Waals surface area contributed by atoms with Gasteiger partial charge in [0, 0.05) is 41.8 Å². The first-order valence-electron chi connectivity index (χ1n) is 9.59. The lowest BCUT2D eigenvalue weighted by Gasteiger charge is -2.32. The Morgan fingerprint density at radius 3 is 2.69 bits per heavy atom. The average molecular weight is 395 g/mol. The molecule has 29 heavy (non-hydrogen) atoms. The van der Waals surface area contributed by atoms with Crippen LogP contribution >= 0.6 is 0 Å². The van der Waals surface area contributed by atoms with Crippen LogP contribution in [-0.4, -0.2) is 39.2 Å². The summed E-state index contributed by atoms with van der Waals surface area (Å²) in [6, 6.07) is 10.2. The number of carbonyl (C=O) groups is 1. The summed E-state index contributed by atoms with van der Waals surface area (Å²) >= 11 is 0. The molecule has 3 aromatic rings. The molecule has 1 saturated heterocycles. The van der Waals surface area contributed by atoms with E-state index in [4.69, 9.17) is 4.98 Å². The Labute approximate surface area is 167 Å². The molecule has 0 spiro atoms. The topological polar surface area (TPSA) is 84.2 Å². The zero-order chi connectivity index (χ0) is 20.4. The quantitative estimate of drug-likeness (QED) is 0.719. The van der Waals surface area contributed by atoms with E-state index in [0.29, 0.717) is 18.8 Å². The highest BCUT2D eigenvalue weighted by molar-refractivity contribution is 5.93. The second kappa shape index (κ2) is 7.98. The summed E-state index contributed by atoms with van der Waals surface area (Å²) in [5.74, 6) is -0.307. The molecule has 8 heteroatoms. The van der Waals surface area contributed by atoms with Crippen molar-refractivity contribution in [2.24, 2.45) is 0 Å². The third-order valence-electron chi connectivity index (χ3n) is 5.09. The summed E-state index contributed by atoms with van der Waals surface area (Å²) in [6.45, 7) is 4.89. The van der Waals surface area contributed by atoms with E-state index in [1.54, 1.807) is 24.0 Å². The Morgan fingerprint density at radius 2 is 1.97 bits per heavy atom. The predicted octanol–water partition coefficient (Wildman–Crippen LogP) is 3.98. The molecule has 1 aliphatic heterocycles. The van der Waals surface area contributed by atoms with Gasteiger partial charge in [-0.3, -0.25) is 9.78 Å². The Balaban J connectivity index is 1.53. The maximum absolute atomic E-state index is 13.1. The number of likely N-dealkylation sites (tertiary alicyclic amines) is 1. The van der Waals surface area contributed by atoms with Crippen molar-refractivity contribution >= 4 is 17.3 Å². The number of anilines is 2. The van der Waals surface area contributed by atoms with Gasteiger partial charge < -0.3 is 10.2 Å². The number of halogens is 1. The molecule has 2 aromatic heterocycles. The summed E-state index contributed by atoms with van der Waals surface area (Å²) in [6.07, 6.45) is 1.84. The van der Waals surface area contributed by atoms with Gasteiger partial charge in [-0.2, -0.15) is 0 Å². The first-order chi connectivity index (χ1) is 14.0. The summed E-state index contributed by atoms with van der Waals surface area (Å²) < 4.78 is 17.8. The zero-order valence-electron chi connectivity index (χ0n) is 16.4. The number of amides is 1. The molecular formula is C21H22FN5O2. The fraction of sp³-hybridized carbons (Fsp3) is 0.333. The van der Waals surface area contributed by atoms with Crippen LogP contribution < -0.4 is 5.32 Å². The van der Waals surface area contributed by atoms with E-state index in [-0.39, 0.29) is 23.3 Å². The van der Waals surface area contributed by atoms with Crippen molar-refractivity contribution in [3.05, 3.63) is 65.0 Å². The molecule has 7 nitrogen and oxygen atoms in total. The number of aryl methyl sites for hydroxylation is 2. The number of aromatic nitrogens is 3. The normalized spacial score (nSPS) is 16.7. The second-order valence-electron chi connectivity index (χ2n) is 7.34. The minimum Gasteiger partial charge on any atom is -0.355 e. The lowest BCUT2D eigenvalue weighted by Crippen LogP contribution is -2.39. The van der Waals surface area contributed by atoms with Crippen molar-refractivity contribution in [3.8, 4) is 0 Å². The number of rotatable bonds is 4. The second-order valence-corrected chi connectivity index (χ2v) is 7.34. The first kappa shape index (κ1) is 19.0. The molecule has 1 aromatic carbocycles. The largest absolute Gasteiger partial charge is 0.355 e. The van der Waals surface area contributed by atoms with Crippen molar-refractivity contribution in [1.82, 2.24) is 20.2 Å². The molecule has 4 rings (SSSR count). The molecule has 1 N–H and O–H groups in total. The van der Waals surface area contributed by atoms with Crippen molar-refractivity contribution in [2.75, 3.05) is 18.4 Å². The van der Waals surface area contributed by atoms with Crippen LogP contribution in [0.5, 0.6) is 0 Å². The van der Waals surface area contributed by atoms with Gasteiger partial charge in [-0.25, -0.2) is 9.02 Å². The van der Waals surface area contributed by atoms with Crippen LogP contribution in [0, 0.1) is 19.7 Å². The summed E-state index contributed by atoms with van der Waals surface area (Å²) in [5, 5.41) is 10.7. The van der Waals surface area contributed by atoms with E-state index in [9.17, 15) is 9.18 Å². The maximum Gasteiger partial charge on any atom is 0.278 e. The lowest BCUT2D eigenvalue weighted by molar-refractivity contribution is 0.0694. The SMILES string of the molecule is Cc1cc(Nc2ccc(F)cc2)cc([C@@H]2CCCN(C(=O)c3nonc3C)C2)n1. The van der Waals surface area contributed by atoms with Crippen LogP contribution in [-0.2, 0) is 0 Å². The number of hydrogen-bond acceptors (Lipinski definition) is 6. The van der Waals surface area contributed by atoms with Gasteiger partial charge in [-0.05, 0) is 68.2 Å². The molecule has 1 aliphatic rings. The van der Waals surface area contributed by atoms with Crippen LogP contribution in [0.2, 0.25) is 0 Å². The summed E-state index contributed by atoms with van der Waals surface area (Å²) in [7, 11) is 0. The van der Waals surface area contributed by atoms with Gasteiger partial charge >= 0.3 is 0 Å². The van der Waals surface area contributed by atoms with Gasteiger partial charge in [-0.15, -0.1) is 0 Å². The zero-order valence-corrected chi connectivity index (χ0v) is 16.4. The molecular weight excluding hydrogens is 373 g/mol. The number of nitrogens with zero attached hydrogens (tertiary/aromatic N) is 4. The van der Waals surface area contributed by atoms with Crippen LogP contribution in [0.3, 0.4) is 0 Å². The van der Waals surface area contributed by atoms with Crippen LogP contribution in [0.4, 0.5) is 15.8 Å². The van der Waals surface area contributed by atoms with Gasteiger partial charge in [0.25, 0.3) is 5.91 Å². The van der Waals surface area contributed by atoms with E-state index >= 15 is 0 Å². The highest BCUT2D eigenvalue weighted by Crippen LogP contribution is 2.29. The van der Waals surface area contributed by atoms with Crippen molar-refractivity contribution in [1.29, 1.82) is 0 Å². The van der Waals surface area contributed by atoms with Gasteiger partial charge in [0.2, 0.25) is 0 Å². The third-order valence-corrected chi connectivity index (χ3v) is 5.09. The van der Waals surface area contributed by atoms with Gasteiger partial charge in [-0.1, -0.05) is 5.16 Å². The monoisotopic (exact) mass is 395 g/mol. The van der Waals surface area contributed by atoms with Gasteiger partial charge in [0.1, 0.15) is 11.5 Å². The number of carbonyl (C=O) groups excluding carboxylic acids is 1. The lowest BCUT2D eigenvalue weighted by atomic mass is 9.93. The molecule has 0 unspecified atom stereocenters. The third kappa shape index (κ3) is 4.26. The number of benzene rings is 1. The Bertz CT molecular complexity index is 1020. The number of pyridine rings is 1. The number of piperidine rings is 1. The fourth-order valence-corrected chi connectivity index (χ4v) is 3.65. The highest BCUT2D eigenvalue weighted by atomic mass is 19.1. The Morgan fingerprint density at radius 1 is 1.17 bits per heavy atom. The standard InChI is InChI=1S/C21H22FN5O2/c1-13-10-18(24-17-7-5-16(22)6-8-17)11-19(23-13)15-4-3-9-27(12-15)21(28)20-14(2)25-29-26-20/h5-8,10-11,15H,3-4,9,12H2,1-2H3,(H,23,24)/t15-/m1/s1. The van der Waals surface area contributed by atoms with E-state index in [0.717, 1.165) is 35.6 Å². The Hall–Kier alpha value is -3.29. The molecule has 0 bridgehead atoms. The molecule has 1 fully saturated rings. The smallest absolute Gasteiger partial charge is 0.278 e. The van der Waals surface area contributed by atoms with Gasteiger partial charge in [0.15, 0.2) is 5.69 Å². The maximum atomic E-state index is 13.1. The fourth-order valence-electron chi connectivity index (χ4n) is 3.65. The van der Waals surface area contributed by atoms with E-state index < -0.39 is 0 Å². The molecule has 3 heterocycles. The van der Waals surface area contributed by atoms with Crippen molar-refractivity contribution in [2.45, 2.75) is 32.6 Å². The number of hydrogen-bond donors (Lipinski definition) is 1. The summed E-state index contributed by atoms with van der Waals surface area (Å²) in [4.78, 5) is 19.3. The average Bonchev–Trinajstić information content (AvgIpc) is 3.15. The Kier molecular flexibility index (Phi) is 5.24. The van der Waals surface area contributed by atoms with Crippen molar-refractivity contribution < 1.29 is 13.8 Å². The van der Waals surface area contributed by atoms with E-state index in [1.807, 2.05) is 19.1 Å². The van der Waals surface area contributed by atoms with E-state index in [2.05, 4.69) is 20.3 Å².